The van der Waals surface area contributed by atoms with Gasteiger partial charge in [-0.1, -0.05) is 54.1 Å². The average molecular weight is 504 g/mol. The Morgan fingerprint density at radius 1 is 1.00 bits per heavy atom. The summed E-state index contributed by atoms with van der Waals surface area (Å²) in [5.74, 6) is 0.285. The lowest BCUT2D eigenvalue weighted by Gasteiger charge is -2.11. The number of thiazole rings is 1. The molecular formula is C26H18ClN3O2S2. The van der Waals surface area contributed by atoms with Gasteiger partial charge in [-0.05, 0) is 42.0 Å². The van der Waals surface area contributed by atoms with Crippen LogP contribution in [0, 0.1) is 0 Å². The highest BCUT2D eigenvalue weighted by molar-refractivity contribution is 7.98. The Morgan fingerprint density at radius 2 is 1.74 bits per heavy atom. The lowest BCUT2D eigenvalue weighted by atomic mass is 10.2. The Balaban J connectivity index is 1.35. The zero-order chi connectivity index (χ0) is 23.5. The van der Waals surface area contributed by atoms with Crippen LogP contribution in [0.5, 0.6) is 0 Å². The molecular weight excluding hydrogens is 486 g/mol. The van der Waals surface area contributed by atoms with Gasteiger partial charge in [-0.15, -0.1) is 23.1 Å². The Hall–Kier alpha value is -3.39. The maximum atomic E-state index is 12.9. The molecule has 0 saturated heterocycles. The zero-order valence-corrected chi connectivity index (χ0v) is 20.2. The van der Waals surface area contributed by atoms with Crippen molar-refractivity contribution in [3.05, 3.63) is 117 Å². The van der Waals surface area contributed by atoms with Crippen LogP contribution < -0.4 is 10.9 Å². The number of para-hydroxylation sites is 1. The first-order chi connectivity index (χ1) is 16.6. The number of thioether (sulfide) groups is 1. The summed E-state index contributed by atoms with van der Waals surface area (Å²) >= 11 is 8.88. The number of rotatable bonds is 6. The first-order valence-electron chi connectivity index (χ1n) is 10.4. The maximum absolute atomic E-state index is 12.9. The first-order valence-corrected chi connectivity index (χ1v) is 12.7. The van der Waals surface area contributed by atoms with Crippen molar-refractivity contribution in [1.82, 2.24) is 9.38 Å². The Kier molecular flexibility index (Phi) is 6.49. The van der Waals surface area contributed by atoms with E-state index in [0.717, 1.165) is 16.2 Å². The molecule has 1 amide bonds. The molecule has 8 heteroatoms. The van der Waals surface area contributed by atoms with Gasteiger partial charge in [0.25, 0.3) is 11.5 Å². The number of fused-ring (bicyclic) bond motifs is 1. The number of aromatic nitrogens is 2. The van der Waals surface area contributed by atoms with Gasteiger partial charge in [-0.25, -0.2) is 4.98 Å². The third-order valence-electron chi connectivity index (χ3n) is 5.14. The van der Waals surface area contributed by atoms with E-state index >= 15 is 0 Å². The van der Waals surface area contributed by atoms with Gasteiger partial charge in [-0.3, -0.25) is 14.0 Å². The Morgan fingerprint density at radius 3 is 2.53 bits per heavy atom. The number of carbonyl (C=O) groups is 1. The molecule has 0 fully saturated rings. The number of carbonyl (C=O) groups excluding carboxylic acids is 1. The van der Waals surface area contributed by atoms with Crippen LogP contribution in [-0.4, -0.2) is 15.3 Å². The van der Waals surface area contributed by atoms with Crippen LogP contribution in [0.1, 0.15) is 16.1 Å². The number of nitrogens with one attached hydrogen (secondary N) is 1. The molecule has 0 saturated carbocycles. The van der Waals surface area contributed by atoms with E-state index in [9.17, 15) is 9.59 Å². The lowest BCUT2D eigenvalue weighted by molar-refractivity contribution is 0.102. The maximum Gasteiger partial charge on any atom is 0.259 e. The van der Waals surface area contributed by atoms with E-state index in [1.807, 2.05) is 60.0 Å². The lowest BCUT2D eigenvalue weighted by Crippen LogP contribution is -2.14. The molecule has 0 atom stereocenters. The topological polar surface area (TPSA) is 63.5 Å². The summed E-state index contributed by atoms with van der Waals surface area (Å²) in [5.41, 5.74) is 3.63. The highest BCUT2D eigenvalue weighted by Crippen LogP contribution is 2.30. The van der Waals surface area contributed by atoms with Crippen molar-refractivity contribution in [3.8, 4) is 11.3 Å². The van der Waals surface area contributed by atoms with Crippen molar-refractivity contribution >= 4 is 51.3 Å². The molecule has 0 unspecified atom stereocenters. The minimum Gasteiger partial charge on any atom is -0.321 e. The van der Waals surface area contributed by atoms with Crippen LogP contribution in [0.2, 0.25) is 5.02 Å². The molecule has 1 N–H and O–H groups in total. The van der Waals surface area contributed by atoms with E-state index in [1.54, 1.807) is 34.7 Å². The minimum absolute atomic E-state index is 0.106. The van der Waals surface area contributed by atoms with E-state index in [4.69, 9.17) is 16.6 Å². The van der Waals surface area contributed by atoms with E-state index < -0.39 is 0 Å². The van der Waals surface area contributed by atoms with Crippen molar-refractivity contribution in [2.45, 2.75) is 10.6 Å². The summed E-state index contributed by atoms with van der Waals surface area (Å²) in [6, 6.07) is 25.7. The van der Waals surface area contributed by atoms with Gasteiger partial charge in [0.1, 0.15) is 0 Å². The Bertz CT molecular complexity index is 1530. The van der Waals surface area contributed by atoms with Gasteiger partial charge in [0.05, 0.1) is 17.1 Å². The molecule has 0 aliphatic heterocycles. The standard InChI is InChI=1S/C26H18ClN3O2S2/c27-19-12-10-18(11-13-19)25(32)29-21-8-4-5-9-23(21)33-15-20-14-24(31)30-22(16-34-26(30)28-20)17-6-2-1-3-7-17/h1-14,16H,15H2,(H,29,32). The normalized spacial score (nSPS) is 11.0. The summed E-state index contributed by atoms with van der Waals surface area (Å²) in [6.45, 7) is 0. The van der Waals surface area contributed by atoms with Crippen molar-refractivity contribution in [2.24, 2.45) is 0 Å². The van der Waals surface area contributed by atoms with Gasteiger partial charge in [0.15, 0.2) is 4.96 Å². The van der Waals surface area contributed by atoms with Crippen LogP contribution in [-0.2, 0) is 5.75 Å². The van der Waals surface area contributed by atoms with Gasteiger partial charge in [0, 0.05) is 32.7 Å². The van der Waals surface area contributed by atoms with Crippen LogP contribution in [0.3, 0.4) is 0 Å². The van der Waals surface area contributed by atoms with Crippen molar-refractivity contribution in [2.75, 3.05) is 5.32 Å². The molecule has 0 bridgehead atoms. The predicted octanol–water partition coefficient (Wildman–Crippen LogP) is 6.62. The summed E-state index contributed by atoms with van der Waals surface area (Å²) < 4.78 is 1.65. The molecule has 5 rings (SSSR count). The highest BCUT2D eigenvalue weighted by atomic mass is 35.5. The second-order valence-electron chi connectivity index (χ2n) is 7.44. The molecule has 5 aromatic rings. The monoisotopic (exact) mass is 503 g/mol. The molecule has 168 valence electrons. The fourth-order valence-electron chi connectivity index (χ4n) is 3.49. The fraction of sp³-hybridized carbons (Fsp3) is 0.0385. The van der Waals surface area contributed by atoms with E-state index in [1.165, 1.54) is 23.1 Å². The number of hydrogen-bond acceptors (Lipinski definition) is 5. The SMILES string of the molecule is O=C(Nc1ccccc1SCc1cc(=O)n2c(-c3ccccc3)csc2n1)c1ccc(Cl)cc1. The van der Waals surface area contributed by atoms with E-state index in [2.05, 4.69) is 5.32 Å². The number of nitrogens with zero attached hydrogens (tertiary/aromatic N) is 2. The van der Waals surface area contributed by atoms with Crippen molar-refractivity contribution in [1.29, 1.82) is 0 Å². The van der Waals surface area contributed by atoms with Gasteiger partial charge in [-0.2, -0.15) is 0 Å². The quantitative estimate of drug-likeness (QED) is 0.264. The Labute approximate surface area is 209 Å². The molecule has 0 aliphatic carbocycles. The number of amides is 1. The van der Waals surface area contributed by atoms with Crippen LogP contribution in [0.25, 0.3) is 16.2 Å². The predicted molar refractivity (Wildman–Crippen MR) is 140 cm³/mol. The van der Waals surface area contributed by atoms with E-state index in [-0.39, 0.29) is 11.5 Å². The average Bonchev–Trinajstić information content (AvgIpc) is 3.29. The van der Waals surface area contributed by atoms with E-state index in [0.29, 0.717) is 32.7 Å². The molecule has 3 aromatic carbocycles. The van der Waals surface area contributed by atoms with Crippen molar-refractivity contribution in [3.63, 3.8) is 0 Å². The number of halogens is 1. The largest absolute Gasteiger partial charge is 0.321 e. The summed E-state index contributed by atoms with van der Waals surface area (Å²) in [4.78, 5) is 31.8. The molecule has 2 heterocycles. The number of hydrogen-bond donors (Lipinski definition) is 1. The summed E-state index contributed by atoms with van der Waals surface area (Å²) in [5, 5.41) is 5.49. The number of benzene rings is 3. The molecule has 0 aliphatic rings. The van der Waals surface area contributed by atoms with Crippen LogP contribution in [0.4, 0.5) is 5.69 Å². The number of anilines is 1. The smallest absolute Gasteiger partial charge is 0.259 e. The summed E-state index contributed by atoms with van der Waals surface area (Å²) in [6.07, 6.45) is 0. The van der Waals surface area contributed by atoms with Crippen LogP contribution >= 0.6 is 34.7 Å². The highest BCUT2D eigenvalue weighted by Gasteiger charge is 2.13. The van der Waals surface area contributed by atoms with Crippen molar-refractivity contribution < 1.29 is 4.79 Å². The minimum atomic E-state index is -0.213. The van der Waals surface area contributed by atoms with Crippen LogP contribution in [0.15, 0.2) is 100.0 Å². The third kappa shape index (κ3) is 4.77. The molecule has 0 spiro atoms. The molecule has 5 nitrogen and oxygen atoms in total. The molecule has 34 heavy (non-hydrogen) atoms. The molecule has 2 aromatic heterocycles. The summed E-state index contributed by atoms with van der Waals surface area (Å²) in [7, 11) is 0. The zero-order valence-electron chi connectivity index (χ0n) is 17.8. The van der Waals surface area contributed by atoms with Gasteiger partial charge in [0.2, 0.25) is 0 Å². The third-order valence-corrected chi connectivity index (χ3v) is 7.33. The fourth-order valence-corrected chi connectivity index (χ4v) is 5.44. The van der Waals surface area contributed by atoms with Gasteiger partial charge >= 0.3 is 0 Å². The van der Waals surface area contributed by atoms with Gasteiger partial charge < -0.3 is 5.32 Å². The second kappa shape index (κ2) is 9.85. The molecule has 0 radical (unpaired) electrons. The first kappa shape index (κ1) is 22.4. The second-order valence-corrected chi connectivity index (χ2v) is 9.73.